The molecule has 0 aliphatic rings. The second-order valence-electron chi connectivity index (χ2n) is 4.24. The van der Waals surface area contributed by atoms with E-state index < -0.39 is 0 Å². The van der Waals surface area contributed by atoms with Crippen molar-refractivity contribution in [2.24, 2.45) is 0 Å². The fourth-order valence-corrected chi connectivity index (χ4v) is 1.85. The van der Waals surface area contributed by atoms with Crippen molar-refractivity contribution in [1.82, 2.24) is 10.3 Å². The van der Waals surface area contributed by atoms with Crippen molar-refractivity contribution < 1.29 is 0 Å². The SMILES string of the molecule is CNc1cccc(CNCCc2cccnc2)c1. The highest BCUT2D eigenvalue weighted by Gasteiger charge is 1.95. The summed E-state index contributed by atoms with van der Waals surface area (Å²) in [6.07, 6.45) is 4.74. The van der Waals surface area contributed by atoms with Crippen molar-refractivity contribution in [3.05, 3.63) is 59.9 Å². The highest BCUT2D eigenvalue weighted by molar-refractivity contribution is 5.44. The Morgan fingerprint density at radius 3 is 2.78 bits per heavy atom. The molecular weight excluding hydrogens is 222 g/mol. The summed E-state index contributed by atoms with van der Waals surface area (Å²) in [4.78, 5) is 4.11. The molecule has 0 fully saturated rings. The molecule has 94 valence electrons. The lowest BCUT2D eigenvalue weighted by Crippen LogP contribution is -2.16. The van der Waals surface area contributed by atoms with Crippen molar-refractivity contribution in [1.29, 1.82) is 0 Å². The Morgan fingerprint density at radius 2 is 2.00 bits per heavy atom. The Labute approximate surface area is 108 Å². The number of pyridine rings is 1. The van der Waals surface area contributed by atoms with Crippen LogP contribution in [-0.2, 0) is 13.0 Å². The maximum Gasteiger partial charge on any atom is 0.0340 e. The number of nitrogens with zero attached hydrogens (tertiary/aromatic N) is 1. The molecule has 2 rings (SSSR count). The Kier molecular flexibility index (Phi) is 4.73. The summed E-state index contributed by atoms with van der Waals surface area (Å²) < 4.78 is 0. The third-order valence-corrected chi connectivity index (χ3v) is 2.86. The number of nitrogens with one attached hydrogen (secondary N) is 2. The summed E-state index contributed by atoms with van der Waals surface area (Å²) in [6.45, 7) is 1.87. The number of anilines is 1. The Balaban J connectivity index is 1.75. The normalized spacial score (nSPS) is 10.3. The van der Waals surface area contributed by atoms with Crippen LogP contribution in [0.3, 0.4) is 0 Å². The van der Waals surface area contributed by atoms with E-state index in [0.717, 1.165) is 25.2 Å². The summed E-state index contributed by atoms with van der Waals surface area (Å²) in [6, 6.07) is 12.5. The van der Waals surface area contributed by atoms with Gasteiger partial charge in [-0.2, -0.15) is 0 Å². The smallest absolute Gasteiger partial charge is 0.0340 e. The van der Waals surface area contributed by atoms with E-state index in [-0.39, 0.29) is 0 Å². The molecule has 0 unspecified atom stereocenters. The molecule has 0 radical (unpaired) electrons. The molecule has 0 spiro atoms. The molecule has 0 amide bonds. The van der Waals surface area contributed by atoms with Gasteiger partial charge in [0.15, 0.2) is 0 Å². The Bertz CT molecular complexity index is 468. The first-order valence-electron chi connectivity index (χ1n) is 6.25. The molecule has 0 aliphatic carbocycles. The van der Waals surface area contributed by atoms with Crippen LogP contribution in [0.5, 0.6) is 0 Å². The monoisotopic (exact) mass is 241 g/mol. The van der Waals surface area contributed by atoms with Crippen molar-refractivity contribution in [3.63, 3.8) is 0 Å². The summed E-state index contributed by atoms with van der Waals surface area (Å²) in [5.74, 6) is 0. The molecule has 0 saturated carbocycles. The summed E-state index contributed by atoms with van der Waals surface area (Å²) in [5.41, 5.74) is 3.73. The number of rotatable bonds is 6. The fourth-order valence-electron chi connectivity index (χ4n) is 1.85. The molecule has 0 saturated heterocycles. The zero-order valence-electron chi connectivity index (χ0n) is 10.7. The van der Waals surface area contributed by atoms with E-state index in [2.05, 4.69) is 45.9 Å². The second kappa shape index (κ2) is 6.77. The minimum atomic E-state index is 0.899. The molecule has 0 bridgehead atoms. The van der Waals surface area contributed by atoms with Crippen LogP contribution in [0, 0.1) is 0 Å². The molecule has 1 aromatic heterocycles. The van der Waals surface area contributed by atoms with Crippen LogP contribution in [0.4, 0.5) is 5.69 Å². The van der Waals surface area contributed by atoms with Crippen molar-refractivity contribution in [3.8, 4) is 0 Å². The Hall–Kier alpha value is -1.87. The molecule has 1 aromatic carbocycles. The van der Waals surface area contributed by atoms with Crippen LogP contribution < -0.4 is 10.6 Å². The van der Waals surface area contributed by atoms with Gasteiger partial charge in [-0.1, -0.05) is 18.2 Å². The van der Waals surface area contributed by atoms with Gasteiger partial charge in [0.2, 0.25) is 0 Å². The van der Waals surface area contributed by atoms with E-state index >= 15 is 0 Å². The fraction of sp³-hybridized carbons (Fsp3) is 0.267. The maximum absolute atomic E-state index is 4.11. The molecule has 18 heavy (non-hydrogen) atoms. The first-order valence-corrected chi connectivity index (χ1v) is 6.25. The highest BCUT2D eigenvalue weighted by atomic mass is 14.9. The average molecular weight is 241 g/mol. The Morgan fingerprint density at radius 1 is 1.11 bits per heavy atom. The van der Waals surface area contributed by atoms with E-state index in [1.54, 1.807) is 6.20 Å². The minimum absolute atomic E-state index is 0.899. The lowest BCUT2D eigenvalue weighted by atomic mass is 10.2. The van der Waals surface area contributed by atoms with Crippen LogP contribution in [0.25, 0.3) is 0 Å². The molecular formula is C15H19N3. The van der Waals surface area contributed by atoms with Gasteiger partial charge in [0.05, 0.1) is 0 Å². The molecule has 0 atom stereocenters. The first-order chi connectivity index (χ1) is 8.88. The van der Waals surface area contributed by atoms with Gasteiger partial charge >= 0.3 is 0 Å². The van der Waals surface area contributed by atoms with Crippen LogP contribution >= 0.6 is 0 Å². The molecule has 1 heterocycles. The van der Waals surface area contributed by atoms with Crippen LogP contribution in [0.2, 0.25) is 0 Å². The number of aromatic nitrogens is 1. The van der Waals surface area contributed by atoms with Crippen LogP contribution in [0.15, 0.2) is 48.8 Å². The largest absolute Gasteiger partial charge is 0.388 e. The highest BCUT2D eigenvalue weighted by Crippen LogP contribution is 2.09. The lowest BCUT2D eigenvalue weighted by molar-refractivity contribution is 0.686. The standard InChI is InChI=1S/C15H19N3/c1-16-15-6-2-4-14(10-15)12-18-9-7-13-5-3-8-17-11-13/h2-6,8,10-11,16,18H,7,9,12H2,1H3. The van der Waals surface area contributed by atoms with E-state index in [9.17, 15) is 0 Å². The third kappa shape index (κ3) is 3.86. The van der Waals surface area contributed by atoms with E-state index in [4.69, 9.17) is 0 Å². The van der Waals surface area contributed by atoms with Gasteiger partial charge in [0, 0.05) is 31.7 Å². The zero-order chi connectivity index (χ0) is 12.6. The molecule has 2 aromatic rings. The summed E-state index contributed by atoms with van der Waals surface area (Å²) >= 11 is 0. The van der Waals surface area contributed by atoms with E-state index in [0.29, 0.717) is 0 Å². The first kappa shape index (κ1) is 12.6. The maximum atomic E-state index is 4.11. The molecule has 3 heteroatoms. The number of hydrogen-bond acceptors (Lipinski definition) is 3. The minimum Gasteiger partial charge on any atom is -0.388 e. The van der Waals surface area contributed by atoms with Crippen molar-refractivity contribution in [2.45, 2.75) is 13.0 Å². The van der Waals surface area contributed by atoms with Gasteiger partial charge < -0.3 is 10.6 Å². The van der Waals surface area contributed by atoms with E-state index in [1.807, 2.05) is 19.3 Å². The van der Waals surface area contributed by atoms with Gasteiger partial charge in [-0.3, -0.25) is 4.98 Å². The van der Waals surface area contributed by atoms with Crippen LogP contribution in [0.1, 0.15) is 11.1 Å². The molecule has 2 N–H and O–H groups in total. The lowest BCUT2D eigenvalue weighted by Gasteiger charge is -2.07. The van der Waals surface area contributed by atoms with Gasteiger partial charge in [0.25, 0.3) is 0 Å². The molecule has 3 nitrogen and oxygen atoms in total. The average Bonchev–Trinajstić information content (AvgIpc) is 2.45. The summed E-state index contributed by atoms with van der Waals surface area (Å²) in [7, 11) is 1.94. The quantitative estimate of drug-likeness (QED) is 0.763. The number of benzene rings is 1. The zero-order valence-corrected chi connectivity index (χ0v) is 10.7. The van der Waals surface area contributed by atoms with Crippen molar-refractivity contribution in [2.75, 3.05) is 18.9 Å². The topological polar surface area (TPSA) is 37.0 Å². The number of hydrogen-bond donors (Lipinski definition) is 2. The summed E-state index contributed by atoms with van der Waals surface area (Å²) in [5, 5.41) is 6.59. The van der Waals surface area contributed by atoms with E-state index in [1.165, 1.54) is 11.1 Å². The van der Waals surface area contributed by atoms with Gasteiger partial charge in [-0.25, -0.2) is 0 Å². The second-order valence-corrected chi connectivity index (χ2v) is 4.24. The van der Waals surface area contributed by atoms with Crippen LogP contribution in [-0.4, -0.2) is 18.6 Å². The molecule has 0 aliphatic heterocycles. The third-order valence-electron chi connectivity index (χ3n) is 2.86. The predicted molar refractivity (Wildman–Crippen MR) is 75.6 cm³/mol. The van der Waals surface area contributed by atoms with Gasteiger partial charge in [0.1, 0.15) is 0 Å². The van der Waals surface area contributed by atoms with Crippen molar-refractivity contribution >= 4 is 5.69 Å². The van der Waals surface area contributed by atoms with Gasteiger partial charge in [-0.05, 0) is 42.3 Å². The predicted octanol–water partition coefficient (Wildman–Crippen LogP) is 2.46. The van der Waals surface area contributed by atoms with Gasteiger partial charge in [-0.15, -0.1) is 0 Å².